The van der Waals surface area contributed by atoms with Crippen molar-refractivity contribution in [2.45, 2.75) is 20.4 Å². The molecule has 1 amide bonds. The van der Waals surface area contributed by atoms with Crippen LogP contribution in [-0.4, -0.2) is 19.0 Å². The van der Waals surface area contributed by atoms with Gasteiger partial charge in [-0.3, -0.25) is 4.79 Å². The van der Waals surface area contributed by atoms with Gasteiger partial charge in [0.25, 0.3) is 5.91 Å². The lowest BCUT2D eigenvalue weighted by atomic mass is 10.1. The molecule has 3 nitrogen and oxygen atoms in total. The fourth-order valence-electron chi connectivity index (χ4n) is 2.36. The highest BCUT2D eigenvalue weighted by Crippen LogP contribution is 2.16. The van der Waals surface area contributed by atoms with E-state index in [9.17, 15) is 9.18 Å². The first kappa shape index (κ1) is 17.3. The molecule has 0 unspecified atom stereocenters. The Morgan fingerprint density at radius 3 is 2.35 bits per heavy atom. The second kappa shape index (κ2) is 7.97. The Hall–Kier alpha value is -2.07. The van der Waals surface area contributed by atoms with Crippen LogP contribution in [0.25, 0.3) is 0 Å². The van der Waals surface area contributed by atoms with Crippen molar-refractivity contribution in [3.05, 3.63) is 64.4 Å². The molecule has 2 aromatic carbocycles. The van der Waals surface area contributed by atoms with E-state index >= 15 is 0 Å². The van der Waals surface area contributed by atoms with Crippen LogP contribution < -0.4 is 10.2 Å². The first-order chi connectivity index (χ1) is 11.0. The molecule has 0 aliphatic heterocycles. The number of amides is 1. The van der Waals surface area contributed by atoms with E-state index in [1.54, 1.807) is 0 Å². The summed E-state index contributed by atoms with van der Waals surface area (Å²) in [6, 6.07) is 12.0. The fourth-order valence-corrected chi connectivity index (χ4v) is 2.52. The third-order valence-corrected chi connectivity index (χ3v) is 3.93. The highest BCUT2D eigenvalue weighted by atomic mass is 35.5. The number of hydrogen-bond acceptors (Lipinski definition) is 2. The van der Waals surface area contributed by atoms with E-state index in [-0.39, 0.29) is 10.6 Å². The molecule has 0 fully saturated rings. The van der Waals surface area contributed by atoms with Gasteiger partial charge in [0.1, 0.15) is 5.82 Å². The number of rotatable bonds is 6. The minimum absolute atomic E-state index is 0.00541. The molecule has 0 spiro atoms. The van der Waals surface area contributed by atoms with Crippen LogP contribution in [0.4, 0.5) is 10.1 Å². The molecule has 2 rings (SSSR count). The maximum absolute atomic E-state index is 13.7. The molecule has 0 radical (unpaired) electrons. The molecule has 0 bridgehead atoms. The van der Waals surface area contributed by atoms with Gasteiger partial charge in [0, 0.05) is 30.3 Å². The van der Waals surface area contributed by atoms with Gasteiger partial charge in [-0.25, -0.2) is 4.39 Å². The number of nitrogens with one attached hydrogen (secondary N) is 1. The normalized spacial score (nSPS) is 10.4. The number of carbonyl (C=O) groups excluding carboxylic acids is 1. The van der Waals surface area contributed by atoms with Gasteiger partial charge in [0.2, 0.25) is 0 Å². The molecule has 1 N–H and O–H groups in total. The molecule has 2 aromatic rings. The van der Waals surface area contributed by atoms with Crippen LogP contribution in [0.5, 0.6) is 0 Å². The Bertz CT molecular complexity index is 669. The van der Waals surface area contributed by atoms with E-state index in [4.69, 9.17) is 11.6 Å². The van der Waals surface area contributed by atoms with Crippen LogP contribution in [-0.2, 0) is 6.54 Å². The average Bonchev–Trinajstić information content (AvgIpc) is 2.55. The smallest absolute Gasteiger partial charge is 0.254 e. The van der Waals surface area contributed by atoms with Gasteiger partial charge in [-0.05, 0) is 49.7 Å². The van der Waals surface area contributed by atoms with Gasteiger partial charge in [-0.1, -0.05) is 23.7 Å². The van der Waals surface area contributed by atoms with Crippen molar-refractivity contribution in [3.8, 4) is 0 Å². The van der Waals surface area contributed by atoms with E-state index in [0.717, 1.165) is 30.4 Å². The lowest BCUT2D eigenvalue weighted by Crippen LogP contribution is -2.24. The fraction of sp³-hybridized carbons (Fsp3) is 0.278. The number of hydrogen-bond donors (Lipinski definition) is 1. The van der Waals surface area contributed by atoms with Crippen LogP contribution in [0, 0.1) is 5.82 Å². The maximum atomic E-state index is 13.7. The summed E-state index contributed by atoms with van der Waals surface area (Å²) < 4.78 is 13.7. The molecular weight excluding hydrogens is 315 g/mol. The van der Waals surface area contributed by atoms with Crippen molar-refractivity contribution >= 4 is 23.2 Å². The van der Waals surface area contributed by atoms with Crippen LogP contribution in [0.1, 0.15) is 29.8 Å². The number of benzene rings is 2. The van der Waals surface area contributed by atoms with Crippen LogP contribution in [0.3, 0.4) is 0 Å². The largest absolute Gasteiger partial charge is 0.372 e. The number of anilines is 1. The molecule has 0 aliphatic rings. The summed E-state index contributed by atoms with van der Waals surface area (Å²) in [5.41, 5.74) is 2.10. The Labute approximate surface area is 141 Å². The van der Waals surface area contributed by atoms with Gasteiger partial charge in [0.05, 0.1) is 5.56 Å². The predicted molar refractivity (Wildman–Crippen MR) is 92.6 cm³/mol. The quantitative estimate of drug-likeness (QED) is 0.856. The summed E-state index contributed by atoms with van der Waals surface area (Å²) in [7, 11) is 0. The zero-order valence-electron chi connectivity index (χ0n) is 13.3. The maximum Gasteiger partial charge on any atom is 0.254 e. The topological polar surface area (TPSA) is 32.3 Å². The van der Waals surface area contributed by atoms with E-state index < -0.39 is 11.7 Å². The lowest BCUT2D eigenvalue weighted by molar-refractivity contribution is 0.0947. The molecule has 0 saturated carbocycles. The lowest BCUT2D eigenvalue weighted by Gasteiger charge is -2.21. The third kappa shape index (κ3) is 4.45. The molecule has 23 heavy (non-hydrogen) atoms. The molecule has 0 heterocycles. The van der Waals surface area contributed by atoms with Crippen molar-refractivity contribution in [2.24, 2.45) is 0 Å². The zero-order chi connectivity index (χ0) is 16.8. The van der Waals surface area contributed by atoms with Gasteiger partial charge in [-0.2, -0.15) is 0 Å². The molecule has 0 aromatic heterocycles. The average molecular weight is 335 g/mol. The predicted octanol–water partition coefficient (Wildman–Crippen LogP) is 4.26. The molecule has 5 heteroatoms. The Kier molecular flexibility index (Phi) is 5.99. The SMILES string of the molecule is CCN(CC)c1ccc(CNC(=O)c2ccc(Cl)cc2F)cc1. The first-order valence-corrected chi connectivity index (χ1v) is 8.00. The Balaban J connectivity index is 1.99. The van der Waals surface area contributed by atoms with Crippen LogP contribution >= 0.6 is 11.6 Å². The summed E-state index contributed by atoms with van der Waals surface area (Å²) in [5, 5.41) is 2.99. The monoisotopic (exact) mass is 334 g/mol. The Morgan fingerprint density at radius 2 is 1.78 bits per heavy atom. The van der Waals surface area contributed by atoms with E-state index in [1.807, 2.05) is 24.3 Å². The summed E-state index contributed by atoms with van der Waals surface area (Å²) in [6.07, 6.45) is 0. The van der Waals surface area contributed by atoms with Gasteiger partial charge >= 0.3 is 0 Å². The summed E-state index contributed by atoms with van der Waals surface area (Å²) in [5.74, 6) is -1.07. The molecular formula is C18H20ClFN2O. The number of carbonyl (C=O) groups is 1. The minimum Gasteiger partial charge on any atom is -0.372 e. The van der Waals surface area contributed by atoms with Crippen molar-refractivity contribution < 1.29 is 9.18 Å². The van der Waals surface area contributed by atoms with Crippen molar-refractivity contribution in [3.63, 3.8) is 0 Å². The standard InChI is InChI=1S/C18H20ClFN2O/c1-3-22(4-2)15-8-5-13(6-9-15)12-21-18(23)16-10-7-14(19)11-17(16)20/h5-11H,3-4,12H2,1-2H3,(H,21,23). The van der Waals surface area contributed by atoms with Gasteiger partial charge in [0.15, 0.2) is 0 Å². The zero-order valence-corrected chi connectivity index (χ0v) is 14.0. The van der Waals surface area contributed by atoms with E-state index in [1.165, 1.54) is 12.1 Å². The van der Waals surface area contributed by atoms with Crippen molar-refractivity contribution in [2.75, 3.05) is 18.0 Å². The molecule has 0 saturated heterocycles. The second-order valence-corrected chi connectivity index (χ2v) is 5.58. The molecule has 122 valence electrons. The minimum atomic E-state index is -0.619. The summed E-state index contributed by atoms with van der Waals surface area (Å²) in [6.45, 7) is 6.46. The molecule has 0 aliphatic carbocycles. The summed E-state index contributed by atoms with van der Waals surface area (Å²) in [4.78, 5) is 14.3. The van der Waals surface area contributed by atoms with Crippen molar-refractivity contribution in [1.29, 1.82) is 0 Å². The van der Waals surface area contributed by atoms with E-state index in [2.05, 4.69) is 24.1 Å². The number of nitrogens with zero attached hydrogens (tertiary/aromatic N) is 1. The Morgan fingerprint density at radius 1 is 1.13 bits per heavy atom. The van der Waals surface area contributed by atoms with Crippen LogP contribution in [0.2, 0.25) is 5.02 Å². The highest BCUT2D eigenvalue weighted by molar-refractivity contribution is 6.30. The second-order valence-electron chi connectivity index (χ2n) is 5.15. The molecule has 0 atom stereocenters. The van der Waals surface area contributed by atoms with E-state index in [0.29, 0.717) is 6.54 Å². The number of halogens is 2. The van der Waals surface area contributed by atoms with Gasteiger partial charge in [-0.15, -0.1) is 0 Å². The first-order valence-electron chi connectivity index (χ1n) is 7.62. The summed E-state index contributed by atoms with van der Waals surface area (Å²) >= 11 is 5.68. The van der Waals surface area contributed by atoms with Crippen LogP contribution in [0.15, 0.2) is 42.5 Å². The third-order valence-electron chi connectivity index (χ3n) is 3.69. The van der Waals surface area contributed by atoms with Gasteiger partial charge < -0.3 is 10.2 Å². The van der Waals surface area contributed by atoms with Crippen molar-refractivity contribution in [1.82, 2.24) is 5.32 Å². The highest BCUT2D eigenvalue weighted by Gasteiger charge is 2.11.